The van der Waals surface area contributed by atoms with Crippen LogP contribution in [0.5, 0.6) is 0 Å². The standard InChI is InChI=1S/C5H7NOS/c7-3-1-5-6-2-4-8-5/h3H,1-2,4H2. The van der Waals surface area contributed by atoms with E-state index < -0.39 is 0 Å². The molecule has 0 radical (unpaired) electrons. The Labute approximate surface area is 52.4 Å². The molecule has 0 fully saturated rings. The molecule has 0 aromatic carbocycles. The average Bonchev–Trinajstić information content (AvgIpc) is 2.19. The molecule has 0 aromatic heterocycles. The number of carbonyl (C=O) groups excluding carboxylic acids is 1. The van der Waals surface area contributed by atoms with Gasteiger partial charge in [-0.15, -0.1) is 11.8 Å². The normalized spacial score (nSPS) is 18.2. The molecule has 1 aliphatic heterocycles. The summed E-state index contributed by atoms with van der Waals surface area (Å²) in [7, 11) is 0. The molecule has 44 valence electrons. The number of carbonyl (C=O) groups is 1. The summed E-state index contributed by atoms with van der Waals surface area (Å²) < 4.78 is 0. The fourth-order valence-electron chi connectivity index (χ4n) is 0.574. The topological polar surface area (TPSA) is 29.4 Å². The van der Waals surface area contributed by atoms with E-state index in [0.717, 1.165) is 23.6 Å². The molecule has 0 bridgehead atoms. The second-order valence-electron chi connectivity index (χ2n) is 1.49. The van der Waals surface area contributed by atoms with Gasteiger partial charge in [-0.3, -0.25) is 4.99 Å². The lowest BCUT2D eigenvalue weighted by Crippen LogP contribution is -1.86. The first-order chi connectivity index (χ1) is 3.93. The quantitative estimate of drug-likeness (QED) is 0.514. The van der Waals surface area contributed by atoms with Crippen molar-refractivity contribution < 1.29 is 4.79 Å². The number of nitrogens with zero attached hydrogens (tertiary/aromatic N) is 1. The zero-order chi connectivity index (χ0) is 5.82. The third kappa shape index (κ3) is 1.33. The first-order valence-corrected chi connectivity index (χ1v) is 3.52. The van der Waals surface area contributed by atoms with Crippen molar-refractivity contribution in [1.29, 1.82) is 0 Å². The number of hydrogen-bond acceptors (Lipinski definition) is 3. The maximum atomic E-state index is 9.87. The van der Waals surface area contributed by atoms with Crippen LogP contribution in [0.2, 0.25) is 0 Å². The highest BCUT2D eigenvalue weighted by Gasteiger charge is 2.03. The maximum Gasteiger partial charge on any atom is 0.126 e. The highest BCUT2D eigenvalue weighted by molar-refractivity contribution is 8.14. The Morgan fingerprint density at radius 2 is 2.75 bits per heavy atom. The van der Waals surface area contributed by atoms with E-state index >= 15 is 0 Å². The number of aldehydes is 1. The molecule has 0 unspecified atom stereocenters. The Bertz CT molecular complexity index is 122. The summed E-state index contributed by atoms with van der Waals surface area (Å²) in [5, 5.41) is 1.00. The Balaban J connectivity index is 2.33. The van der Waals surface area contributed by atoms with Crippen LogP contribution in [0.1, 0.15) is 6.42 Å². The van der Waals surface area contributed by atoms with Gasteiger partial charge in [0.05, 0.1) is 11.5 Å². The van der Waals surface area contributed by atoms with Crippen molar-refractivity contribution in [3.05, 3.63) is 0 Å². The summed E-state index contributed by atoms with van der Waals surface area (Å²) in [4.78, 5) is 13.9. The van der Waals surface area contributed by atoms with Crippen LogP contribution in [0.3, 0.4) is 0 Å². The van der Waals surface area contributed by atoms with Gasteiger partial charge < -0.3 is 4.79 Å². The van der Waals surface area contributed by atoms with E-state index in [4.69, 9.17) is 0 Å². The van der Waals surface area contributed by atoms with Crippen molar-refractivity contribution in [3.63, 3.8) is 0 Å². The van der Waals surface area contributed by atoms with E-state index in [0.29, 0.717) is 6.42 Å². The highest BCUT2D eigenvalue weighted by atomic mass is 32.2. The molecule has 0 aromatic rings. The van der Waals surface area contributed by atoms with Gasteiger partial charge in [0.15, 0.2) is 0 Å². The lowest BCUT2D eigenvalue weighted by atomic mass is 10.5. The molecular formula is C5H7NOS. The zero-order valence-corrected chi connectivity index (χ0v) is 5.28. The molecule has 3 heteroatoms. The van der Waals surface area contributed by atoms with Crippen molar-refractivity contribution in [2.75, 3.05) is 12.3 Å². The molecule has 1 aliphatic rings. The predicted octanol–water partition coefficient (Wildman–Crippen LogP) is 0.721. The minimum atomic E-state index is 0.519. The first-order valence-electron chi connectivity index (χ1n) is 2.53. The lowest BCUT2D eigenvalue weighted by Gasteiger charge is -1.85. The van der Waals surface area contributed by atoms with Gasteiger partial charge in [-0.25, -0.2) is 0 Å². The molecule has 8 heavy (non-hydrogen) atoms. The van der Waals surface area contributed by atoms with Gasteiger partial charge in [-0.05, 0) is 0 Å². The summed E-state index contributed by atoms with van der Waals surface area (Å²) in [6, 6.07) is 0. The van der Waals surface area contributed by atoms with Gasteiger partial charge in [0, 0.05) is 12.3 Å². The van der Waals surface area contributed by atoms with E-state index in [9.17, 15) is 4.79 Å². The minimum Gasteiger partial charge on any atom is -0.303 e. The third-order valence-corrected chi connectivity index (χ3v) is 1.92. The molecule has 0 saturated heterocycles. The van der Waals surface area contributed by atoms with Crippen LogP contribution >= 0.6 is 11.8 Å². The van der Waals surface area contributed by atoms with Gasteiger partial charge in [-0.1, -0.05) is 0 Å². The number of thioether (sulfide) groups is 1. The number of hydrogen-bond donors (Lipinski definition) is 0. The van der Waals surface area contributed by atoms with Gasteiger partial charge >= 0.3 is 0 Å². The summed E-state index contributed by atoms with van der Waals surface area (Å²) in [5.41, 5.74) is 0. The second kappa shape index (κ2) is 2.87. The summed E-state index contributed by atoms with van der Waals surface area (Å²) in [6.07, 6.45) is 1.42. The van der Waals surface area contributed by atoms with Crippen molar-refractivity contribution >= 4 is 23.1 Å². The van der Waals surface area contributed by atoms with Crippen LogP contribution < -0.4 is 0 Å². The zero-order valence-electron chi connectivity index (χ0n) is 4.46. The van der Waals surface area contributed by atoms with Gasteiger partial charge in [0.2, 0.25) is 0 Å². The van der Waals surface area contributed by atoms with E-state index in [1.54, 1.807) is 11.8 Å². The fraction of sp³-hybridized carbons (Fsp3) is 0.600. The van der Waals surface area contributed by atoms with E-state index in [2.05, 4.69) is 4.99 Å². The largest absolute Gasteiger partial charge is 0.303 e. The Hall–Kier alpha value is -0.310. The van der Waals surface area contributed by atoms with Crippen molar-refractivity contribution in [1.82, 2.24) is 0 Å². The Morgan fingerprint density at radius 1 is 1.88 bits per heavy atom. The molecule has 0 spiro atoms. The Morgan fingerprint density at radius 3 is 3.25 bits per heavy atom. The van der Waals surface area contributed by atoms with Crippen molar-refractivity contribution in [2.24, 2.45) is 4.99 Å². The average molecular weight is 129 g/mol. The number of rotatable bonds is 2. The highest BCUT2D eigenvalue weighted by Crippen LogP contribution is 2.12. The van der Waals surface area contributed by atoms with Gasteiger partial charge in [0.1, 0.15) is 6.29 Å². The molecule has 1 heterocycles. The predicted molar refractivity (Wildman–Crippen MR) is 35.4 cm³/mol. The second-order valence-corrected chi connectivity index (χ2v) is 2.66. The molecule has 1 rings (SSSR count). The monoisotopic (exact) mass is 129 g/mol. The molecule has 0 amide bonds. The minimum absolute atomic E-state index is 0.519. The SMILES string of the molecule is O=CCC1=NCCS1. The Kier molecular flexibility index (Phi) is 2.09. The van der Waals surface area contributed by atoms with Gasteiger partial charge in [-0.2, -0.15) is 0 Å². The maximum absolute atomic E-state index is 9.87. The number of aliphatic imine (C=N–C) groups is 1. The lowest BCUT2D eigenvalue weighted by molar-refractivity contribution is -0.106. The van der Waals surface area contributed by atoms with Crippen LogP contribution in [-0.4, -0.2) is 23.6 Å². The summed E-state index contributed by atoms with van der Waals surface area (Å²) in [6.45, 7) is 0.897. The van der Waals surface area contributed by atoms with Crippen LogP contribution in [0, 0.1) is 0 Å². The van der Waals surface area contributed by atoms with Crippen LogP contribution in [0.4, 0.5) is 0 Å². The molecular weight excluding hydrogens is 122 g/mol. The molecule has 0 atom stereocenters. The van der Waals surface area contributed by atoms with Crippen molar-refractivity contribution in [3.8, 4) is 0 Å². The summed E-state index contributed by atoms with van der Waals surface area (Å²) in [5.74, 6) is 1.06. The van der Waals surface area contributed by atoms with E-state index in [-0.39, 0.29) is 0 Å². The fourth-order valence-corrected chi connectivity index (χ4v) is 1.36. The summed E-state index contributed by atoms with van der Waals surface area (Å²) >= 11 is 1.69. The third-order valence-electron chi connectivity index (χ3n) is 0.906. The molecule has 0 aliphatic carbocycles. The van der Waals surface area contributed by atoms with E-state index in [1.807, 2.05) is 0 Å². The molecule has 2 nitrogen and oxygen atoms in total. The van der Waals surface area contributed by atoms with Crippen LogP contribution in [0.25, 0.3) is 0 Å². The van der Waals surface area contributed by atoms with Crippen LogP contribution in [-0.2, 0) is 4.79 Å². The first kappa shape index (κ1) is 5.82. The molecule has 0 N–H and O–H groups in total. The van der Waals surface area contributed by atoms with Crippen molar-refractivity contribution in [2.45, 2.75) is 6.42 Å². The van der Waals surface area contributed by atoms with E-state index in [1.165, 1.54) is 0 Å². The van der Waals surface area contributed by atoms with Crippen LogP contribution in [0.15, 0.2) is 4.99 Å². The van der Waals surface area contributed by atoms with Gasteiger partial charge in [0.25, 0.3) is 0 Å². The smallest absolute Gasteiger partial charge is 0.126 e. The molecule has 0 saturated carbocycles.